The number of para-hydroxylation sites is 1. The van der Waals surface area contributed by atoms with Crippen LogP contribution in [-0.4, -0.2) is 54.7 Å². The molecule has 1 aliphatic heterocycles. The van der Waals surface area contributed by atoms with Crippen molar-refractivity contribution in [1.29, 1.82) is 0 Å². The molecule has 0 unspecified atom stereocenters. The van der Waals surface area contributed by atoms with Gasteiger partial charge in [-0.15, -0.1) is 0 Å². The van der Waals surface area contributed by atoms with Gasteiger partial charge in [-0.1, -0.05) is 23.7 Å². The first-order valence-corrected chi connectivity index (χ1v) is 11.8. The number of benzene rings is 2. The summed E-state index contributed by atoms with van der Waals surface area (Å²) in [7, 11) is -3.89. The third-order valence-corrected chi connectivity index (χ3v) is 7.40. The molecule has 0 aliphatic carbocycles. The monoisotopic (exact) mass is 492 g/mol. The number of piperazine rings is 1. The number of nitrogens with zero attached hydrogens (tertiary/aromatic N) is 3. The number of anilines is 2. The van der Waals surface area contributed by atoms with Gasteiger partial charge in [0, 0.05) is 32.4 Å². The maximum atomic E-state index is 14.0. The number of amides is 1. The van der Waals surface area contributed by atoms with Gasteiger partial charge in [0.15, 0.2) is 0 Å². The number of nitrogens with one attached hydrogen (secondary N) is 1. The average molecular weight is 493 g/mol. The molecule has 33 heavy (non-hydrogen) atoms. The molecular weight excluding hydrogens is 474 g/mol. The molecule has 0 atom stereocenters. The second kappa shape index (κ2) is 9.42. The van der Waals surface area contributed by atoms with Gasteiger partial charge in [0.2, 0.25) is 10.0 Å². The third kappa shape index (κ3) is 4.82. The first-order valence-electron chi connectivity index (χ1n) is 9.98. The van der Waals surface area contributed by atoms with E-state index in [0.717, 1.165) is 18.2 Å². The molecule has 7 nitrogen and oxygen atoms in total. The van der Waals surface area contributed by atoms with Crippen LogP contribution < -0.4 is 5.32 Å². The largest absolute Gasteiger partial charge is 0.337 e. The smallest absolute Gasteiger partial charge is 0.257 e. The van der Waals surface area contributed by atoms with Crippen molar-refractivity contribution in [2.24, 2.45) is 0 Å². The zero-order valence-corrected chi connectivity index (χ0v) is 18.8. The van der Waals surface area contributed by atoms with Crippen LogP contribution >= 0.6 is 11.6 Å². The Balaban J connectivity index is 1.48. The molecule has 1 amide bonds. The molecule has 1 fully saturated rings. The number of hydrogen-bond acceptors (Lipinski definition) is 5. The van der Waals surface area contributed by atoms with Crippen molar-refractivity contribution in [3.05, 3.63) is 83.0 Å². The minimum atomic E-state index is -3.89. The molecule has 1 aromatic heterocycles. The maximum Gasteiger partial charge on any atom is 0.257 e. The first kappa shape index (κ1) is 23.1. The van der Waals surface area contributed by atoms with Crippen molar-refractivity contribution in [3.8, 4) is 0 Å². The van der Waals surface area contributed by atoms with Gasteiger partial charge in [-0.2, -0.15) is 4.31 Å². The molecule has 0 spiro atoms. The fourth-order valence-electron chi connectivity index (χ4n) is 3.46. The number of halogens is 3. The van der Waals surface area contributed by atoms with Crippen LogP contribution in [0.25, 0.3) is 0 Å². The van der Waals surface area contributed by atoms with Crippen LogP contribution in [-0.2, 0) is 10.0 Å². The second-order valence-electron chi connectivity index (χ2n) is 7.28. The number of rotatable bonds is 5. The van der Waals surface area contributed by atoms with Crippen molar-refractivity contribution >= 4 is 39.0 Å². The summed E-state index contributed by atoms with van der Waals surface area (Å²) in [5.41, 5.74) is 0.418. The summed E-state index contributed by atoms with van der Waals surface area (Å²) >= 11 is 5.73. The summed E-state index contributed by atoms with van der Waals surface area (Å²) < 4.78 is 54.4. The van der Waals surface area contributed by atoms with E-state index in [1.165, 1.54) is 27.5 Å². The Bertz CT molecular complexity index is 1300. The normalized spacial score (nSPS) is 14.8. The van der Waals surface area contributed by atoms with Crippen molar-refractivity contribution in [1.82, 2.24) is 14.2 Å². The zero-order valence-electron chi connectivity index (χ0n) is 17.2. The third-order valence-electron chi connectivity index (χ3n) is 5.22. The number of carbonyl (C=O) groups excluding carboxylic acids is 1. The van der Waals surface area contributed by atoms with Gasteiger partial charge in [-0.05, 0) is 42.5 Å². The van der Waals surface area contributed by atoms with Crippen molar-refractivity contribution in [2.45, 2.75) is 4.90 Å². The Morgan fingerprint density at radius 2 is 1.70 bits per heavy atom. The molecule has 0 saturated carbocycles. The number of sulfonamides is 1. The number of hydrogen-bond donors (Lipinski definition) is 1. The highest BCUT2D eigenvalue weighted by molar-refractivity contribution is 7.89. The van der Waals surface area contributed by atoms with Gasteiger partial charge in [0.05, 0.1) is 21.2 Å². The molecule has 1 N–H and O–H groups in total. The highest BCUT2D eigenvalue weighted by Gasteiger charge is 2.31. The van der Waals surface area contributed by atoms with Crippen LogP contribution in [0.4, 0.5) is 20.3 Å². The minimum Gasteiger partial charge on any atom is -0.337 e. The molecule has 3 aromatic rings. The van der Waals surface area contributed by atoms with Crippen molar-refractivity contribution < 1.29 is 22.0 Å². The Morgan fingerprint density at radius 3 is 2.39 bits per heavy atom. The SMILES string of the molecule is O=C(c1cccnc1Nc1ccccc1F)N1CCN(S(=O)(=O)c2ccc(F)c(Cl)c2)CC1. The Kier molecular flexibility index (Phi) is 6.59. The van der Waals surface area contributed by atoms with Gasteiger partial charge in [0.1, 0.15) is 17.5 Å². The van der Waals surface area contributed by atoms with E-state index in [1.807, 2.05) is 0 Å². The predicted octanol–water partition coefficient (Wildman–Crippen LogP) is 3.90. The van der Waals surface area contributed by atoms with Gasteiger partial charge < -0.3 is 10.2 Å². The van der Waals surface area contributed by atoms with E-state index >= 15 is 0 Å². The molecule has 0 radical (unpaired) electrons. The summed E-state index contributed by atoms with van der Waals surface area (Å²) in [6.45, 7) is 0.390. The van der Waals surface area contributed by atoms with E-state index in [1.54, 1.807) is 24.3 Å². The molecule has 4 rings (SSSR count). The van der Waals surface area contributed by atoms with Crippen LogP contribution in [0, 0.1) is 11.6 Å². The van der Waals surface area contributed by atoms with E-state index < -0.39 is 21.7 Å². The van der Waals surface area contributed by atoms with Gasteiger partial charge in [-0.25, -0.2) is 22.2 Å². The maximum absolute atomic E-state index is 14.0. The standard InChI is InChI=1S/C22H19ClF2N4O3S/c23-17-14-15(7-8-18(17)24)33(31,32)29-12-10-28(11-13-29)22(30)16-4-3-9-26-21(16)27-20-6-2-1-5-19(20)25/h1-9,14H,10-13H2,(H,26,27). The molecule has 2 aromatic carbocycles. The van der Waals surface area contributed by atoms with Crippen LogP contribution in [0.3, 0.4) is 0 Å². The minimum absolute atomic E-state index is 0.0550. The topological polar surface area (TPSA) is 82.6 Å². The molecule has 2 heterocycles. The number of aromatic nitrogens is 1. The molecule has 1 saturated heterocycles. The van der Waals surface area contributed by atoms with E-state index in [2.05, 4.69) is 10.3 Å². The second-order valence-corrected chi connectivity index (χ2v) is 9.62. The lowest BCUT2D eigenvalue weighted by Gasteiger charge is -2.34. The Morgan fingerprint density at radius 1 is 0.970 bits per heavy atom. The molecule has 11 heteroatoms. The van der Waals surface area contributed by atoms with E-state index in [-0.39, 0.29) is 59.1 Å². The molecular formula is C22H19ClF2N4O3S. The summed E-state index contributed by atoms with van der Waals surface area (Å²) in [5.74, 6) is -1.35. The lowest BCUT2D eigenvalue weighted by atomic mass is 10.2. The molecule has 0 bridgehead atoms. The fraction of sp³-hybridized carbons (Fsp3) is 0.182. The van der Waals surface area contributed by atoms with E-state index in [9.17, 15) is 22.0 Å². The van der Waals surface area contributed by atoms with Crippen LogP contribution in [0.5, 0.6) is 0 Å². The van der Waals surface area contributed by atoms with Gasteiger partial charge in [-0.3, -0.25) is 4.79 Å². The van der Waals surface area contributed by atoms with Crippen molar-refractivity contribution in [2.75, 3.05) is 31.5 Å². The highest BCUT2D eigenvalue weighted by atomic mass is 35.5. The molecule has 1 aliphatic rings. The Labute approximate surface area is 194 Å². The average Bonchev–Trinajstić information content (AvgIpc) is 2.82. The summed E-state index contributed by atoms with van der Waals surface area (Å²) in [5, 5.41) is 2.56. The lowest BCUT2D eigenvalue weighted by molar-refractivity contribution is 0.0698. The summed E-state index contributed by atoms with van der Waals surface area (Å²) in [6.07, 6.45) is 1.48. The van der Waals surface area contributed by atoms with Gasteiger partial charge in [0.25, 0.3) is 5.91 Å². The summed E-state index contributed by atoms with van der Waals surface area (Å²) in [4.78, 5) is 18.7. The highest BCUT2D eigenvalue weighted by Crippen LogP contribution is 2.25. The van der Waals surface area contributed by atoms with E-state index in [0.29, 0.717) is 0 Å². The quantitative estimate of drug-likeness (QED) is 0.584. The van der Waals surface area contributed by atoms with Crippen molar-refractivity contribution in [3.63, 3.8) is 0 Å². The first-order chi connectivity index (χ1) is 15.8. The lowest BCUT2D eigenvalue weighted by Crippen LogP contribution is -2.50. The molecule has 172 valence electrons. The van der Waals surface area contributed by atoms with E-state index in [4.69, 9.17) is 11.6 Å². The van der Waals surface area contributed by atoms with Crippen LogP contribution in [0.2, 0.25) is 5.02 Å². The fourth-order valence-corrected chi connectivity index (χ4v) is 5.15. The zero-order chi connectivity index (χ0) is 23.6. The van der Waals surface area contributed by atoms with Gasteiger partial charge >= 0.3 is 0 Å². The number of pyridine rings is 1. The number of carbonyl (C=O) groups is 1. The summed E-state index contributed by atoms with van der Waals surface area (Å²) in [6, 6.07) is 12.4. The van der Waals surface area contributed by atoms with Crippen LogP contribution in [0.1, 0.15) is 10.4 Å². The van der Waals surface area contributed by atoms with Crippen LogP contribution in [0.15, 0.2) is 65.7 Å². The predicted molar refractivity (Wildman–Crippen MR) is 120 cm³/mol. The Hall–Kier alpha value is -3.08.